The Morgan fingerprint density at radius 3 is 1.90 bits per heavy atom. The molecule has 1 unspecified atom stereocenters. The molecule has 15 heteroatoms. The molecule has 0 bridgehead atoms. The summed E-state index contributed by atoms with van der Waals surface area (Å²) < 4.78 is 29.8. The van der Waals surface area contributed by atoms with E-state index in [0.29, 0.717) is 44.9 Å². The van der Waals surface area contributed by atoms with Crippen molar-refractivity contribution in [1.29, 1.82) is 0 Å². The van der Waals surface area contributed by atoms with Crippen LogP contribution in [0.2, 0.25) is 0 Å². The molecule has 3 aliphatic heterocycles. The van der Waals surface area contributed by atoms with Crippen molar-refractivity contribution in [3.05, 3.63) is 12.7 Å². The zero-order chi connectivity index (χ0) is 43.1. The number of fused-ring (bicyclic) bond motifs is 1. The standard InChI is InChI=1S/C44H71N7O7S/c1-10-28-25-44(28,38(56)48-59(57,58)49-22-13-14-23-49)47-35(53)31-26-43(41(8,9)42(43)20-16-21-42)27-51(31)37(55)33(40(5,6)7)46-36(54)32(39(2,3)4)45-34(52)30-19-15-24-50(30)29-17-11-12-18-29/h10,28-33H,1,11-27H2,2-9H3,(H,45,52)(H,46,54)(H,47,53)(H,48,56)/t28-,30?,31+,32-,33-,43-,44-/m1/s1. The van der Waals surface area contributed by atoms with Gasteiger partial charge in [0, 0.05) is 37.0 Å². The van der Waals surface area contributed by atoms with Crippen LogP contribution in [0.15, 0.2) is 12.7 Å². The van der Waals surface area contributed by atoms with Crippen molar-refractivity contribution in [2.24, 2.45) is 33.0 Å². The first-order valence-corrected chi connectivity index (χ1v) is 23.8. The Bertz CT molecular complexity index is 1840. The minimum atomic E-state index is -4.11. The maximum atomic E-state index is 15.2. The quantitative estimate of drug-likeness (QED) is 0.215. The Kier molecular flexibility index (Phi) is 11.3. The molecule has 7 rings (SSSR count). The predicted octanol–water partition coefficient (Wildman–Crippen LogP) is 3.77. The number of likely N-dealkylation sites (tertiary alicyclic amines) is 2. The molecule has 0 aromatic heterocycles. The summed E-state index contributed by atoms with van der Waals surface area (Å²) >= 11 is 0. The minimum Gasteiger partial charge on any atom is -0.342 e. The normalized spacial score (nSPS) is 32.7. The van der Waals surface area contributed by atoms with Crippen LogP contribution in [0.5, 0.6) is 0 Å². The zero-order valence-electron chi connectivity index (χ0n) is 36.9. The summed E-state index contributed by atoms with van der Waals surface area (Å²) in [5, 5.41) is 9.16. The van der Waals surface area contributed by atoms with Gasteiger partial charge >= 0.3 is 10.2 Å². The predicted molar refractivity (Wildman–Crippen MR) is 224 cm³/mol. The fraction of sp³-hybridized carbons (Fsp3) is 0.841. The van der Waals surface area contributed by atoms with E-state index < -0.39 is 74.3 Å². The van der Waals surface area contributed by atoms with E-state index in [1.807, 2.05) is 41.5 Å². The summed E-state index contributed by atoms with van der Waals surface area (Å²) in [6.45, 7) is 21.5. The van der Waals surface area contributed by atoms with Gasteiger partial charge in [0.25, 0.3) is 5.91 Å². The van der Waals surface area contributed by atoms with Crippen molar-refractivity contribution < 1.29 is 32.4 Å². The molecular formula is C44H71N7O7S. The zero-order valence-corrected chi connectivity index (χ0v) is 37.7. The third-order valence-electron chi connectivity index (χ3n) is 16.3. The van der Waals surface area contributed by atoms with Crippen LogP contribution < -0.4 is 20.7 Å². The van der Waals surface area contributed by atoms with Gasteiger partial charge in [-0.2, -0.15) is 12.7 Å². The fourth-order valence-corrected chi connectivity index (χ4v) is 13.6. The number of carbonyl (C=O) groups excluding carboxylic acids is 5. The second-order valence-electron chi connectivity index (χ2n) is 21.8. The summed E-state index contributed by atoms with van der Waals surface area (Å²) in [6, 6.07) is -2.85. The Morgan fingerprint density at radius 1 is 0.746 bits per heavy atom. The largest absolute Gasteiger partial charge is 0.342 e. The van der Waals surface area contributed by atoms with E-state index in [4.69, 9.17) is 0 Å². The maximum Gasteiger partial charge on any atom is 0.303 e. The Balaban J connectivity index is 1.13. The summed E-state index contributed by atoms with van der Waals surface area (Å²) in [7, 11) is -4.11. The van der Waals surface area contributed by atoms with E-state index in [9.17, 15) is 27.6 Å². The molecule has 3 saturated heterocycles. The number of nitrogens with zero attached hydrogens (tertiary/aromatic N) is 3. The van der Waals surface area contributed by atoms with Crippen LogP contribution in [0.1, 0.15) is 139 Å². The van der Waals surface area contributed by atoms with E-state index in [2.05, 4.69) is 46.0 Å². The van der Waals surface area contributed by atoms with Crippen LogP contribution in [0.25, 0.3) is 0 Å². The second-order valence-corrected chi connectivity index (χ2v) is 23.5. The summed E-state index contributed by atoms with van der Waals surface area (Å²) in [5.74, 6) is -2.83. The highest BCUT2D eigenvalue weighted by atomic mass is 32.2. The lowest BCUT2D eigenvalue weighted by Crippen LogP contribution is -2.63. The molecule has 3 heterocycles. The minimum absolute atomic E-state index is 0.0234. The van der Waals surface area contributed by atoms with Gasteiger partial charge in [-0.05, 0) is 92.4 Å². The molecule has 0 radical (unpaired) electrons. The van der Waals surface area contributed by atoms with Crippen LogP contribution >= 0.6 is 0 Å². The highest BCUT2D eigenvalue weighted by molar-refractivity contribution is 7.87. The van der Waals surface area contributed by atoms with Crippen molar-refractivity contribution in [2.75, 3.05) is 26.2 Å². The molecule has 4 saturated carbocycles. The van der Waals surface area contributed by atoms with E-state index in [1.165, 1.54) is 17.1 Å². The van der Waals surface area contributed by atoms with Crippen LogP contribution in [0.3, 0.4) is 0 Å². The SMILES string of the molecule is C=C[C@@H]1C[C@]1(NC(=O)[C@@H]1C[C@@]2(CN1C(=O)[C@@H](NC(=O)[C@@H](NC(=O)C1CCCN1C1CCCC1)C(C)(C)C)C(C)(C)C)C(C)(C)C21CCC1)C(=O)NS(=O)(=O)N1CCCC1. The van der Waals surface area contributed by atoms with Gasteiger partial charge in [0.1, 0.15) is 23.7 Å². The summed E-state index contributed by atoms with van der Waals surface area (Å²) in [6.07, 6.45) is 12.8. The first-order valence-electron chi connectivity index (χ1n) is 22.4. The lowest BCUT2D eigenvalue weighted by molar-refractivity contribution is -0.145. The smallest absolute Gasteiger partial charge is 0.303 e. The number of rotatable bonds is 12. The first kappa shape index (κ1) is 44.0. The second kappa shape index (κ2) is 15.1. The van der Waals surface area contributed by atoms with Crippen molar-refractivity contribution in [3.63, 3.8) is 0 Å². The lowest BCUT2D eigenvalue weighted by Gasteiger charge is -2.39. The molecule has 2 spiro atoms. The van der Waals surface area contributed by atoms with Gasteiger partial charge < -0.3 is 20.9 Å². The van der Waals surface area contributed by atoms with Gasteiger partial charge in [-0.1, -0.05) is 80.7 Å². The van der Waals surface area contributed by atoms with Crippen molar-refractivity contribution in [1.82, 2.24) is 34.8 Å². The highest BCUT2D eigenvalue weighted by Gasteiger charge is 2.85. The van der Waals surface area contributed by atoms with Crippen molar-refractivity contribution >= 4 is 39.7 Å². The summed E-state index contributed by atoms with van der Waals surface area (Å²) in [4.78, 5) is 76.2. The maximum absolute atomic E-state index is 15.2. The summed E-state index contributed by atoms with van der Waals surface area (Å²) in [5.41, 5.74) is -3.51. The van der Waals surface area contributed by atoms with Crippen molar-refractivity contribution in [2.45, 2.75) is 175 Å². The van der Waals surface area contributed by atoms with E-state index in [0.717, 1.165) is 51.5 Å². The topological polar surface area (TPSA) is 177 Å². The van der Waals surface area contributed by atoms with Gasteiger partial charge in [0.15, 0.2) is 0 Å². The third kappa shape index (κ3) is 7.34. The van der Waals surface area contributed by atoms with Gasteiger partial charge in [-0.15, -0.1) is 6.58 Å². The van der Waals surface area contributed by atoms with Crippen LogP contribution in [-0.4, -0.2) is 114 Å². The number of hydrogen-bond donors (Lipinski definition) is 4. The molecule has 5 amide bonds. The van der Waals surface area contributed by atoms with Crippen LogP contribution in [-0.2, 0) is 34.2 Å². The third-order valence-corrected chi connectivity index (χ3v) is 17.8. The molecule has 4 aliphatic carbocycles. The van der Waals surface area contributed by atoms with Crippen molar-refractivity contribution in [3.8, 4) is 0 Å². The average molecular weight is 842 g/mol. The number of hydrogen-bond acceptors (Lipinski definition) is 8. The Hall–Kier alpha value is -3.04. The molecule has 330 valence electrons. The molecule has 59 heavy (non-hydrogen) atoms. The molecular weight excluding hydrogens is 771 g/mol. The van der Waals surface area contributed by atoms with Gasteiger partial charge in [-0.3, -0.25) is 28.9 Å². The first-order chi connectivity index (χ1) is 27.5. The highest BCUT2D eigenvalue weighted by Crippen LogP contribution is 2.88. The number of carbonyl (C=O) groups is 5. The average Bonchev–Trinajstić information content (AvgIpc) is 3.68. The Morgan fingerprint density at radius 2 is 1.37 bits per heavy atom. The lowest BCUT2D eigenvalue weighted by atomic mass is 9.73. The van der Waals surface area contributed by atoms with Crippen LogP contribution in [0.4, 0.5) is 0 Å². The van der Waals surface area contributed by atoms with Gasteiger partial charge in [-0.25, -0.2) is 4.72 Å². The molecule has 7 fully saturated rings. The molecule has 0 aromatic rings. The van der Waals surface area contributed by atoms with E-state index >= 15 is 4.79 Å². The van der Waals surface area contributed by atoms with Crippen LogP contribution in [0, 0.1) is 33.0 Å². The van der Waals surface area contributed by atoms with Gasteiger partial charge in [0.05, 0.1) is 6.04 Å². The Labute approximate surface area is 352 Å². The fourth-order valence-electron chi connectivity index (χ4n) is 12.3. The molecule has 0 aromatic carbocycles. The van der Waals surface area contributed by atoms with Gasteiger partial charge in [0.2, 0.25) is 23.6 Å². The molecule has 14 nitrogen and oxygen atoms in total. The monoisotopic (exact) mass is 842 g/mol. The van der Waals surface area contributed by atoms with E-state index in [-0.39, 0.29) is 34.6 Å². The molecule has 7 aliphatic rings. The number of amides is 5. The molecule has 4 N–H and O–H groups in total. The molecule has 7 atom stereocenters. The number of nitrogens with one attached hydrogen (secondary N) is 4. The van der Waals surface area contributed by atoms with E-state index in [1.54, 1.807) is 11.0 Å².